The van der Waals surface area contributed by atoms with E-state index in [9.17, 15) is 23.2 Å². The van der Waals surface area contributed by atoms with Gasteiger partial charge in [0, 0.05) is 74.5 Å². The maximum Gasteiger partial charge on any atom is 0.320 e. The Kier molecular flexibility index (Phi) is 5.51. The molecule has 0 bridgehead atoms. The van der Waals surface area contributed by atoms with Crippen LogP contribution in [0.2, 0.25) is 0 Å². The van der Waals surface area contributed by atoms with Crippen LogP contribution in [0.3, 0.4) is 0 Å². The van der Waals surface area contributed by atoms with E-state index in [4.69, 9.17) is 6.42 Å². The van der Waals surface area contributed by atoms with Crippen LogP contribution in [-0.4, -0.2) is 67.2 Å². The molecule has 3 aliphatic heterocycles. The van der Waals surface area contributed by atoms with E-state index in [1.54, 1.807) is 21.7 Å². The van der Waals surface area contributed by atoms with Crippen LogP contribution in [0.1, 0.15) is 35.2 Å². The molecule has 4 aromatic rings. The molecule has 0 spiro atoms. The summed E-state index contributed by atoms with van der Waals surface area (Å²) in [6.07, 6.45) is 10.3. The van der Waals surface area contributed by atoms with E-state index in [0.29, 0.717) is 40.9 Å². The number of nitrogens with one attached hydrogen (secondary N) is 1. The Hall–Kier alpha value is -4.98. The molecule has 41 heavy (non-hydrogen) atoms. The molecule has 0 unspecified atom stereocenters. The minimum Gasteiger partial charge on any atom is -0.345 e. The molecule has 206 valence electrons. The SMILES string of the molecule is C#Cc1cc2c3c(c1)c(C1=C(c4cnc5ccccn45)C(=O)NC1=O)cn3CCN(C(=O)N1CCC(F)(F)CC1)C2. The molecule has 1 fully saturated rings. The molecular formula is C30H24F2N6O3. The highest BCUT2D eigenvalue weighted by Gasteiger charge is 2.38. The quantitative estimate of drug-likeness (QED) is 0.303. The minimum absolute atomic E-state index is 0.00193. The minimum atomic E-state index is -2.75. The van der Waals surface area contributed by atoms with Crippen LogP contribution in [0.4, 0.5) is 13.6 Å². The lowest BCUT2D eigenvalue weighted by Crippen LogP contribution is -2.49. The third-order valence-corrected chi connectivity index (χ3v) is 8.10. The molecule has 4 amide bonds. The second-order valence-electron chi connectivity index (χ2n) is 10.6. The van der Waals surface area contributed by atoms with Crippen molar-refractivity contribution >= 4 is 45.5 Å². The highest BCUT2D eigenvalue weighted by atomic mass is 19.3. The van der Waals surface area contributed by atoms with Crippen LogP contribution in [-0.2, 0) is 22.7 Å². The molecule has 9 nitrogen and oxygen atoms in total. The summed E-state index contributed by atoms with van der Waals surface area (Å²) in [5.74, 6) is -1.12. The Morgan fingerprint density at radius 3 is 2.59 bits per heavy atom. The summed E-state index contributed by atoms with van der Waals surface area (Å²) in [5, 5.41) is 3.13. The zero-order valence-corrected chi connectivity index (χ0v) is 21.9. The van der Waals surface area contributed by atoms with Crippen LogP contribution in [0.25, 0.3) is 27.7 Å². The van der Waals surface area contributed by atoms with Crippen molar-refractivity contribution in [2.45, 2.75) is 31.9 Å². The molecule has 1 N–H and O–H groups in total. The Labute approximate surface area is 233 Å². The van der Waals surface area contributed by atoms with Gasteiger partial charge < -0.3 is 14.4 Å². The van der Waals surface area contributed by atoms with E-state index in [1.807, 2.05) is 41.1 Å². The number of likely N-dealkylation sites (tertiary alicyclic amines) is 1. The molecule has 1 aromatic carbocycles. The Bertz CT molecular complexity index is 1870. The standard InChI is InChI=1S/C30H24F2N6O3/c1-2-18-13-19-16-37(29(41)35-9-6-30(31,32)7-10-35)12-11-36-17-21(20(14-18)26(19)36)24-25(28(40)34-27(24)39)22-15-33-23-5-3-4-8-38(22)23/h1,3-5,8,13-15,17H,6-7,9-12,16H2,(H,34,39,40). The number of amides is 4. The van der Waals surface area contributed by atoms with E-state index < -0.39 is 17.7 Å². The van der Waals surface area contributed by atoms with Gasteiger partial charge in [0.15, 0.2) is 0 Å². The third-order valence-electron chi connectivity index (χ3n) is 8.10. The maximum absolute atomic E-state index is 13.7. The maximum atomic E-state index is 13.7. The number of piperidine rings is 1. The Morgan fingerprint density at radius 2 is 1.80 bits per heavy atom. The summed E-state index contributed by atoms with van der Waals surface area (Å²) in [7, 11) is 0. The molecule has 6 heterocycles. The van der Waals surface area contributed by atoms with Crippen molar-refractivity contribution in [2.75, 3.05) is 19.6 Å². The number of carbonyl (C=O) groups is 3. The average molecular weight is 555 g/mol. The van der Waals surface area contributed by atoms with E-state index in [-0.39, 0.29) is 49.7 Å². The van der Waals surface area contributed by atoms with Crippen molar-refractivity contribution in [2.24, 2.45) is 0 Å². The topological polar surface area (TPSA) is 92.0 Å². The number of hydrogen-bond acceptors (Lipinski definition) is 4. The number of pyridine rings is 1. The number of carbonyl (C=O) groups excluding carboxylic acids is 3. The first-order valence-corrected chi connectivity index (χ1v) is 13.3. The van der Waals surface area contributed by atoms with Crippen LogP contribution < -0.4 is 5.32 Å². The zero-order chi connectivity index (χ0) is 28.5. The molecule has 0 aliphatic carbocycles. The second kappa shape index (κ2) is 9.02. The number of aromatic nitrogens is 3. The lowest BCUT2D eigenvalue weighted by molar-refractivity contribution is -0.122. The Morgan fingerprint density at radius 1 is 1.02 bits per heavy atom. The van der Waals surface area contributed by atoms with E-state index in [1.165, 1.54) is 4.90 Å². The second-order valence-corrected chi connectivity index (χ2v) is 10.6. The lowest BCUT2D eigenvalue weighted by atomic mass is 9.96. The van der Waals surface area contributed by atoms with E-state index in [2.05, 4.69) is 16.2 Å². The third kappa shape index (κ3) is 3.97. The monoisotopic (exact) mass is 554 g/mol. The molecule has 0 radical (unpaired) electrons. The number of fused-ring (bicyclic) bond motifs is 1. The van der Waals surface area contributed by atoms with Crippen molar-refractivity contribution in [3.05, 3.63) is 71.3 Å². The number of hydrogen-bond donors (Lipinski definition) is 1. The number of halogens is 2. The molecule has 11 heteroatoms. The van der Waals surface area contributed by atoms with E-state index in [0.717, 1.165) is 11.1 Å². The summed E-state index contributed by atoms with van der Waals surface area (Å²) in [4.78, 5) is 47.3. The van der Waals surface area contributed by atoms with Crippen LogP contribution in [0.5, 0.6) is 0 Å². The molecule has 3 aromatic heterocycles. The van der Waals surface area contributed by atoms with Crippen molar-refractivity contribution in [1.29, 1.82) is 0 Å². The first kappa shape index (κ1) is 25.0. The van der Waals surface area contributed by atoms with Crippen molar-refractivity contribution < 1.29 is 23.2 Å². The number of rotatable bonds is 2. The first-order valence-electron chi connectivity index (χ1n) is 13.3. The normalized spacial score (nSPS) is 18.7. The summed E-state index contributed by atoms with van der Waals surface area (Å²) < 4.78 is 31.1. The molecule has 0 saturated carbocycles. The predicted octanol–water partition coefficient (Wildman–Crippen LogP) is 3.50. The van der Waals surface area contributed by atoms with Gasteiger partial charge in [0.25, 0.3) is 17.7 Å². The fourth-order valence-electron chi connectivity index (χ4n) is 6.08. The van der Waals surface area contributed by atoms with E-state index >= 15 is 0 Å². The van der Waals surface area contributed by atoms with Crippen LogP contribution in [0, 0.1) is 12.3 Å². The number of imide groups is 1. The molecule has 7 rings (SSSR count). The van der Waals surface area contributed by atoms with Gasteiger partial charge in [-0.1, -0.05) is 12.0 Å². The van der Waals surface area contributed by atoms with Gasteiger partial charge >= 0.3 is 6.03 Å². The predicted molar refractivity (Wildman–Crippen MR) is 147 cm³/mol. The lowest BCUT2D eigenvalue weighted by Gasteiger charge is -2.35. The highest BCUT2D eigenvalue weighted by molar-refractivity contribution is 6.49. The van der Waals surface area contributed by atoms with Gasteiger partial charge in [-0.25, -0.2) is 18.6 Å². The highest BCUT2D eigenvalue weighted by Crippen LogP contribution is 2.39. The number of terminal acetylenes is 1. The van der Waals surface area contributed by atoms with Gasteiger partial charge in [0.1, 0.15) is 5.65 Å². The summed E-state index contributed by atoms with van der Waals surface area (Å²) >= 11 is 0. The summed E-state index contributed by atoms with van der Waals surface area (Å²) in [6.45, 7) is 0.969. The van der Waals surface area contributed by atoms with Gasteiger partial charge in [-0.2, -0.15) is 0 Å². The molecule has 0 atom stereocenters. The van der Waals surface area contributed by atoms with Crippen molar-refractivity contribution in [3.63, 3.8) is 0 Å². The van der Waals surface area contributed by atoms with Gasteiger partial charge in [0.05, 0.1) is 28.6 Å². The molecule has 1 saturated heterocycles. The zero-order valence-electron chi connectivity index (χ0n) is 21.9. The van der Waals surface area contributed by atoms with Gasteiger partial charge in [-0.05, 0) is 29.8 Å². The van der Waals surface area contributed by atoms with Gasteiger partial charge in [0.2, 0.25) is 0 Å². The van der Waals surface area contributed by atoms with Gasteiger partial charge in [-0.3, -0.25) is 19.3 Å². The van der Waals surface area contributed by atoms with Gasteiger partial charge in [-0.15, -0.1) is 6.42 Å². The number of imidazole rings is 1. The number of benzene rings is 1. The van der Waals surface area contributed by atoms with Crippen LogP contribution >= 0.6 is 0 Å². The summed E-state index contributed by atoms with van der Waals surface area (Å²) in [5.41, 5.74) is 4.26. The first-order chi connectivity index (χ1) is 19.7. The fourth-order valence-corrected chi connectivity index (χ4v) is 6.08. The number of urea groups is 1. The van der Waals surface area contributed by atoms with Crippen molar-refractivity contribution in [3.8, 4) is 12.3 Å². The average Bonchev–Trinajstić information content (AvgIpc) is 3.58. The fraction of sp³-hybridized carbons (Fsp3) is 0.267. The smallest absolute Gasteiger partial charge is 0.320 e. The molecule has 3 aliphatic rings. The summed E-state index contributed by atoms with van der Waals surface area (Å²) in [6, 6.07) is 8.82. The number of alkyl halides is 2. The van der Waals surface area contributed by atoms with Crippen LogP contribution in [0.15, 0.2) is 48.9 Å². The Balaban J connectivity index is 1.34. The largest absolute Gasteiger partial charge is 0.345 e. The van der Waals surface area contributed by atoms with Crippen molar-refractivity contribution in [1.82, 2.24) is 29.1 Å². The molecular weight excluding hydrogens is 530 g/mol. The number of nitrogens with zero attached hydrogens (tertiary/aromatic N) is 5.